The van der Waals surface area contributed by atoms with Crippen LogP contribution in [0, 0.1) is 12.3 Å². The third-order valence-electron chi connectivity index (χ3n) is 1.83. The van der Waals surface area contributed by atoms with Gasteiger partial charge in [0.25, 0.3) is 0 Å². The third kappa shape index (κ3) is 1.12. The van der Waals surface area contributed by atoms with Gasteiger partial charge in [0.05, 0.1) is 11.7 Å². The molecule has 0 unspecified atom stereocenters. The molecule has 0 amide bonds. The van der Waals surface area contributed by atoms with Crippen LogP contribution >= 0.6 is 0 Å². The van der Waals surface area contributed by atoms with Gasteiger partial charge in [-0.15, -0.1) is 6.42 Å². The first-order valence-electron chi connectivity index (χ1n) is 3.81. The molecule has 0 aliphatic rings. The summed E-state index contributed by atoms with van der Waals surface area (Å²) >= 11 is 0. The molecule has 0 atom stereocenters. The molecule has 0 aliphatic heterocycles. The molecule has 2 heterocycles. The quantitative estimate of drug-likeness (QED) is 0.646. The van der Waals surface area contributed by atoms with E-state index in [1.54, 1.807) is 6.07 Å². The fraction of sp³-hybridized carbons (Fsp3) is 0.111. The smallest absolute Gasteiger partial charge is 0.262 e. The maximum absolute atomic E-state index is 12.5. The predicted octanol–water partition coefficient (Wildman–Crippen LogP) is 1.81. The minimum atomic E-state index is -2.70. The summed E-state index contributed by atoms with van der Waals surface area (Å²) in [6.45, 7) is -2.70. The van der Waals surface area contributed by atoms with E-state index in [2.05, 4.69) is 16.0 Å². The number of nitrogens with zero attached hydrogens (tertiary/aromatic N) is 3. The Kier molecular flexibility index (Phi) is 1.89. The lowest BCUT2D eigenvalue weighted by Crippen LogP contribution is -2.00. The number of terminal acetylenes is 1. The van der Waals surface area contributed by atoms with Crippen molar-refractivity contribution >= 4 is 10.9 Å². The number of alkyl halides is 2. The van der Waals surface area contributed by atoms with Crippen LogP contribution in [-0.2, 0) is 0 Å². The molecule has 2 aromatic heterocycles. The fourth-order valence-electron chi connectivity index (χ4n) is 1.24. The summed E-state index contributed by atoms with van der Waals surface area (Å²) in [7, 11) is 0. The van der Waals surface area contributed by atoms with Gasteiger partial charge in [-0.2, -0.15) is 13.9 Å². The van der Waals surface area contributed by atoms with Gasteiger partial charge in [-0.3, -0.25) is 4.98 Å². The second-order valence-corrected chi connectivity index (χ2v) is 2.61. The van der Waals surface area contributed by atoms with E-state index < -0.39 is 6.55 Å². The summed E-state index contributed by atoms with van der Waals surface area (Å²) in [5, 5.41) is 4.11. The minimum Gasteiger partial charge on any atom is -0.262 e. The van der Waals surface area contributed by atoms with E-state index in [-0.39, 0.29) is 11.2 Å². The minimum absolute atomic E-state index is 0.211. The molecule has 0 radical (unpaired) electrons. The molecular formula is C9H5F2N3. The van der Waals surface area contributed by atoms with Crippen molar-refractivity contribution in [1.29, 1.82) is 0 Å². The Morgan fingerprint density at radius 3 is 2.93 bits per heavy atom. The molecule has 0 bridgehead atoms. The van der Waals surface area contributed by atoms with Crippen LogP contribution in [0.2, 0.25) is 0 Å². The summed E-state index contributed by atoms with van der Waals surface area (Å²) in [5.74, 6) is 2.25. The van der Waals surface area contributed by atoms with Gasteiger partial charge in [0.15, 0.2) is 0 Å². The highest BCUT2D eigenvalue weighted by molar-refractivity contribution is 5.83. The maximum Gasteiger partial charge on any atom is 0.333 e. The number of halogens is 2. The molecule has 0 spiro atoms. The van der Waals surface area contributed by atoms with Gasteiger partial charge in [0, 0.05) is 11.6 Å². The van der Waals surface area contributed by atoms with Crippen LogP contribution in [-0.4, -0.2) is 14.8 Å². The second-order valence-electron chi connectivity index (χ2n) is 2.61. The lowest BCUT2D eigenvalue weighted by Gasteiger charge is -1.98. The monoisotopic (exact) mass is 193 g/mol. The lowest BCUT2D eigenvalue weighted by molar-refractivity contribution is 0.0613. The van der Waals surface area contributed by atoms with Crippen molar-refractivity contribution in [3.8, 4) is 12.3 Å². The topological polar surface area (TPSA) is 30.7 Å². The number of aromatic nitrogens is 3. The van der Waals surface area contributed by atoms with E-state index in [1.165, 1.54) is 12.4 Å². The Labute approximate surface area is 78.4 Å². The standard InChI is InChI=1S/C9H5F2N3/c1-2-7-6-3-4-12-5-8(6)14(13-7)9(10)11/h1,3-5,9H. The molecule has 0 N–H and O–H groups in total. The van der Waals surface area contributed by atoms with Crippen LogP contribution in [0.25, 0.3) is 10.9 Å². The van der Waals surface area contributed by atoms with E-state index in [9.17, 15) is 8.78 Å². The van der Waals surface area contributed by atoms with Gasteiger partial charge in [0.2, 0.25) is 0 Å². The predicted molar refractivity (Wildman–Crippen MR) is 46.7 cm³/mol. The number of hydrogen-bond donors (Lipinski definition) is 0. The second kappa shape index (κ2) is 3.07. The Morgan fingerprint density at radius 2 is 2.29 bits per heavy atom. The molecule has 3 nitrogen and oxygen atoms in total. The first-order chi connectivity index (χ1) is 6.74. The number of hydrogen-bond acceptors (Lipinski definition) is 2. The molecular weight excluding hydrogens is 188 g/mol. The van der Waals surface area contributed by atoms with E-state index in [0.29, 0.717) is 10.1 Å². The van der Waals surface area contributed by atoms with Gasteiger partial charge in [-0.1, -0.05) is 0 Å². The van der Waals surface area contributed by atoms with Crippen molar-refractivity contribution in [2.45, 2.75) is 6.55 Å². The van der Waals surface area contributed by atoms with Crippen molar-refractivity contribution < 1.29 is 8.78 Å². The average Bonchev–Trinajstić information content (AvgIpc) is 2.56. The highest BCUT2D eigenvalue weighted by Crippen LogP contribution is 2.21. The van der Waals surface area contributed by atoms with Crippen LogP contribution in [0.4, 0.5) is 8.78 Å². The zero-order valence-electron chi connectivity index (χ0n) is 6.98. The number of rotatable bonds is 1. The van der Waals surface area contributed by atoms with E-state index >= 15 is 0 Å². The Bertz CT molecular complexity index is 510. The summed E-state index contributed by atoms with van der Waals surface area (Å²) in [4.78, 5) is 3.74. The van der Waals surface area contributed by atoms with Gasteiger partial charge < -0.3 is 0 Å². The van der Waals surface area contributed by atoms with Crippen molar-refractivity contribution in [3.63, 3.8) is 0 Å². The van der Waals surface area contributed by atoms with E-state index in [1.807, 2.05) is 0 Å². The van der Waals surface area contributed by atoms with Gasteiger partial charge in [-0.25, -0.2) is 4.68 Å². The average molecular weight is 193 g/mol. The molecule has 0 aliphatic carbocycles. The number of fused-ring (bicyclic) bond motifs is 1. The zero-order valence-corrected chi connectivity index (χ0v) is 6.98. The molecule has 14 heavy (non-hydrogen) atoms. The molecule has 0 aromatic carbocycles. The first kappa shape index (κ1) is 8.63. The molecule has 0 saturated carbocycles. The largest absolute Gasteiger partial charge is 0.333 e. The molecule has 2 rings (SSSR count). The first-order valence-corrected chi connectivity index (χ1v) is 3.81. The van der Waals surface area contributed by atoms with E-state index in [4.69, 9.17) is 6.42 Å². The summed E-state index contributed by atoms with van der Waals surface area (Å²) in [6, 6.07) is 1.57. The van der Waals surface area contributed by atoms with Crippen LogP contribution in [0.5, 0.6) is 0 Å². The molecule has 2 aromatic rings. The van der Waals surface area contributed by atoms with Gasteiger partial charge in [0.1, 0.15) is 5.69 Å². The lowest BCUT2D eigenvalue weighted by atomic mass is 10.2. The highest BCUT2D eigenvalue weighted by atomic mass is 19.3. The zero-order chi connectivity index (χ0) is 10.1. The summed E-state index contributed by atoms with van der Waals surface area (Å²) in [5.41, 5.74) is 0.457. The molecule has 0 saturated heterocycles. The third-order valence-corrected chi connectivity index (χ3v) is 1.83. The fourth-order valence-corrected chi connectivity index (χ4v) is 1.24. The molecule has 5 heteroatoms. The Hall–Kier alpha value is -1.96. The molecule has 70 valence electrons. The highest BCUT2D eigenvalue weighted by Gasteiger charge is 2.14. The van der Waals surface area contributed by atoms with Crippen LogP contribution in [0.15, 0.2) is 18.5 Å². The van der Waals surface area contributed by atoms with Crippen LogP contribution in [0.3, 0.4) is 0 Å². The molecule has 0 fully saturated rings. The summed E-state index contributed by atoms with van der Waals surface area (Å²) < 4.78 is 25.5. The van der Waals surface area contributed by atoms with Crippen molar-refractivity contribution in [2.24, 2.45) is 0 Å². The van der Waals surface area contributed by atoms with Gasteiger partial charge >= 0.3 is 6.55 Å². The Balaban J connectivity index is 2.82. The number of pyridine rings is 1. The van der Waals surface area contributed by atoms with Crippen LogP contribution in [0.1, 0.15) is 12.2 Å². The van der Waals surface area contributed by atoms with E-state index in [0.717, 1.165) is 0 Å². The maximum atomic E-state index is 12.5. The van der Waals surface area contributed by atoms with Gasteiger partial charge in [-0.05, 0) is 12.0 Å². The van der Waals surface area contributed by atoms with Crippen molar-refractivity contribution in [3.05, 3.63) is 24.2 Å². The SMILES string of the molecule is C#Cc1nn(C(F)F)c2cnccc12. The Morgan fingerprint density at radius 1 is 1.50 bits per heavy atom. The van der Waals surface area contributed by atoms with Crippen molar-refractivity contribution in [2.75, 3.05) is 0 Å². The van der Waals surface area contributed by atoms with Crippen LogP contribution < -0.4 is 0 Å². The normalized spacial score (nSPS) is 10.7. The van der Waals surface area contributed by atoms with Crippen molar-refractivity contribution in [1.82, 2.24) is 14.8 Å². The summed E-state index contributed by atoms with van der Waals surface area (Å²) in [6.07, 6.45) is 7.94.